The van der Waals surface area contributed by atoms with E-state index in [-0.39, 0.29) is 12.8 Å². The van der Waals surface area contributed by atoms with Crippen LogP contribution in [0.5, 0.6) is 0 Å². The maximum absolute atomic E-state index is 12.0. The molecule has 2 heterocycles. The highest BCUT2D eigenvalue weighted by molar-refractivity contribution is 7.87. The van der Waals surface area contributed by atoms with Gasteiger partial charge in [0, 0.05) is 12.8 Å². The summed E-state index contributed by atoms with van der Waals surface area (Å²) in [6.45, 7) is 0. The molecule has 0 unspecified atom stereocenters. The van der Waals surface area contributed by atoms with E-state index < -0.39 is 45.0 Å². The average molecular weight is 317 g/mol. The lowest BCUT2D eigenvalue weighted by atomic mass is 10.0. The fraction of sp³-hybridized carbons (Fsp3) is 0.500. The number of hydrogen-bond donors (Lipinski definition) is 1. The molecule has 12 heteroatoms. The predicted octanol–water partition coefficient (Wildman–Crippen LogP) is 0.0850. The van der Waals surface area contributed by atoms with Crippen LogP contribution in [0.4, 0.5) is 13.2 Å². The van der Waals surface area contributed by atoms with Gasteiger partial charge in [-0.3, -0.25) is 9.69 Å². The van der Waals surface area contributed by atoms with E-state index in [9.17, 15) is 31.2 Å². The third-order valence-electron chi connectivity index (χ3n) is 2.68. The number of amides is 1. The normalized spacial score (nSPS) is 22.6. The summed E-state index contributed by atoms with van der Waals surface area (Å²) in [5.74, 6) is -2.84. The minimum atomic E-state index is -6.02. The van der Waals surface area contributed by atoms with Crippen molar-refractivity contribution in [3.8, 4) is 0 Å². The zero-order valence-corrected chi connectivity index (χ0v) is 10.2. The van der Waals surface area contributed by atoms with Gasteiger partial charge in [-0.15, -0.1) is 0 Å². The maximum Gasteiger partial charge on any atom is 0.526 e. The molecule has 2 rings (SSSR count). The molecule has 1 N–H and O–H groups in total. The minimum absolute atomic E-state index is 0.00430. The number of nitrogens with zero attached hydrogens (tertiary/aromatic N) is 1. The molecule has 0 aromatic carbocycles. The molecule has 0 spiro atoms. The molecule has 8 nitrogen and oxygen atoms in total. The quantitative estimate of drug-likeness (QED) is 0.338. The van der Waals surface area contributed by atoms with Crippen molar-refractivity contribution in [3.05, 3.63) is 11.5 Å². The van der Waals surface area contributed by atoms with Gasteiger partial charge in [0.05, 0.1) is 6.04 Å². The molecule has 0 radical (unpaired) electrons. The molecule has 0 saturated carbocycles. The highest BCUT2D eigenvalue weighted by atomic mass is 32.2. The monoisotopic (exact) mass is 317 g/mol. The van der Waals surface area contributed by atoms with Crippen molar-refractivity contribution in [3.63, 3.8) is 0 Å². The number of carbonyl (C=O) groups is 2. The van der Waals surface area contributed by atoms with Crippen molar-refractivity contribution in [2.45, 2.75) is 24.4 Å². The summed E-state index contributed by atoms with van der Waals surface area (Å²) < 4.78 is 60.5. The first-order valence-corrected chi connectivity index (χ1v) is 6.41. The second-order valence-electron chi connectivity index (χ2n) is 3.95. The number of alkyl halides is 3. The summed E-state index contributed by atoms with van der Waals surface area (Å²) in [6.07, 6.45) is -0.240. The van der Waals surface area contributed by atoms with Gasteiger partial charge in [-0.1, -0.05) is 0 Å². The number of rotatable bonds is 4. The first kappa shape index (κ1) is 14.6. The Labute approximate surface area is 109 Å². The molecule has 0 bridgehead atoms. The van der Waals surface area contributed by atoms with Crippen molar-refractivity contribution in [2.75, 3.05) is 0 Å². The van der Waals surface area contributed by atoms with Crippen LogP contribution in [0.15, 0.2) is 11.5 Å². The number of β-lactam (4-membered cyclic amide) rings is 1. The molecule has 1 fully saturated rings. The van der Waals surface area contributed by atoms with Crippen molar-refractivity contribution in [2.24, 2.45) is 0 Å². The lowest BCUT2D eigenvalue weighted by molar-refractivity contribution is -0.182. The van der Waals surface area contributed by atoms with Crippen LogP contribution in [0, 0.1) is 0 Å². The fourth-order valence-electron chi connectivity index (χ4n) is 1.82. The van der Waals surface area contributed by atoms with E-state index in [1.807, 2.05) is 0 Å². The summed E-state index contributed by atoms with van der Waals surface area (Å²) in [4.78, 5) is 26.9. The summed E-state index contributed by atoms with van der Waals surface area (Å²) in [5, 5.41) is 8.85. The van der Waals surface area contributed by atoms with Crippen LogP contribution in [-0.2, 0) is 28.9 Å². The predicted molar refractivity (Wildman–Crippen MR) is 51.7 cm³/mol. The first-order valence-electron chi connectivity index (χ1n) is 5.00. The van der Waals surface area contributed by atoms with Crippen molar-refractivity contribution >= 4 is 22.0 Å². The molecule has 112 valence electrons. The molecule has 0 aliphatic carbocycles. The van der Waals surface area contributed by atoms with E-state index in [2.05, 4.69) is 9.22 Å². The van der Waals surface area contributed by atoms with E-state index in [4.69, 9.17) is 5.11 Å². The van der Waals surface area contributed by atoms with E-state index in [1.54, 1.807) is 0 Å². The zero-order chi connectivity index (χ0) is 15.3. The highest BCUT2D eigenvalue weighted by Gasteiger charge is 2.52. The Morgan fingerprint density at radius 1 is 1.35 bits per heavy atom. The van der Waals surface area contributed by atoms with Gasteiger partial charge >= 0.3 is 21.6 Å². The molecule has 2 aliphatic rings. The molecule has 1 atom stereocenters. The van der Waals surface area contributed by atoms with Gasteiger partial charge in [0.25, 0.3) is 0 Å². The van der Waals surface area contributed by atoms with Crippen molar-refractivity contribution in [1.29, 1.82) is 0 Å². The smallest absolute Gasteiger partial charge is 0.476 e. The number of hydrogen-bond acceptors (Lipinski definition) is 6. The second kappa shape index (κ2) is 4.34. The minimum Gasteiger partial charge on any atom is -0.476 e. The van der Waals surface area contributed by atoms with Gasteiger partial charge in [0.1, 0.15) is 0 Å². The summed E-state index contributed by atoms with van der Waals surface area (Å²) in [6, 6.07) is -0.569. The first-order chi connectivity index (χ1) is 9.04. The van der Waals surface area contributed by atoms with Crippen LogP contribution in [0.3, 0.4) is 0 Å². The lowest BCUT2D eigenvalue weighted by Gasteiger charge is -2.34. The van der Waals surface area contributed by atoms with Gasteiger partial charge in [0.15, 0.2) is 11.5 Å². The van der Waals surface area contributed by atoms with Gasteiger partial charge in [-0.2, -0.15) is 21.6 Å². The highest BCUT2D eigenvalue weighted by Crippen LogP contribution is 2.39. The van der Waals surface area contributed by atoms with Gasteiger partial charge < -0.3 is 9.99 Å². The zero-order valence-electron chi connectivity index (χ0n) is 9.38. The number of carboxylic acid groups (broad SMARTS) is 1. The molecule has 20 heavy (non-hydrogen) atoms. The fourth-order valence-corrected chi connectivity index (χ4v) is 2.07. The van der Waals surface area contributed by atoms with E-state index in [0.29, 0.717) is 0 Å². The SMILES string of the molecule is O=C(O)C1=C(OOS(=O)(=O)C(F)(F)F)C[C@H]2CC(=O)N12. The number of halogens is 3. The Kier molecular flexibility index (Phi) is 3.17. The molecule has 0 aromatic rings. The van der Waals surface area contributed by atoms with Crippen LogP contribution >= 0.6 is 0 Å². The third kappa shape index (κ3) is 2.20. The van der Waals surface area contributed by atoms with Crippen LogP contribution in [0.1, 0.15) is 12.8 Å². The Hall–Kier alpha value is -1.82. The molecule has 1 amide bonds. The molecular weight excluding hydrogens is 311 g/mol. The van der Waals surface area contributed by atoms with Crippen molar-refractivity contribution < 1.29 is 45.5 Å². The number of aliphatic carboxylic acids is 1. The van der Waals surface area contributed by atoms with E-state index >= 15 is 0 Å². The number of carboxylic acids is 1. The maximum atomic E-state index is 12.0. The van der Waals surface area contributed by atoms with Crippen LogP contribution < -0.4 is 0 Å². The van der Waals surface area contributed by atoms with Gasteiger partial charge in [-0.25, -0.2) is 4.79 Å². The molecular formula is C8H6F3NO7S. The Balaban J connectivity index is 2.18. The van der Waals surface area contributed by atoms with Gasteiger partial charge in [-0.05, 0) is 4.33 Å². The molecule has 2 aliphatic heterocycles. The second-order valence-corrected chi connectivity index (χ2v) is 5.46. The Bertz CT molecular complexity index is 608. The van der Waals surface area contributed by atoms with Crippen molar-refractivity contribution in [1.82, 2.24) is 4.90 Å². The number of fused-ring (bicyclic) bond motifs is 1. The Morgan fingerprint density at radius 3 is 2.40 bits per heavy atom. The van der Waals surface area contributed by atoms with Crippen LogP contribution in [0.25, 0.3) is 0 Å². The lowest BCUT2D eigenvalue weighted by Crippen LogP contribution is -2.49. The molecule has 0 aromatic heterocycles. The van der Waals surface area contributed by atoms with Crippen LogP contribution in [0.2, 0.25) is 0 Å². The summed E-state index contributed by atoms with van der Waals surface area (Å²) in [7, 11) is -6.02. The van der Waals surface area contributed by atoms with Gasteiger partial charge in [0.2, 0.25) is 5.91 Å². The number of carbonyl (C=O) groups excluding carboxylic acids is 1. The van der Waals surface area contributed by atoms with E-state index in [0.717, 1.165) is 4.90 Å². The topological polar surface area (TPSA) is 110 Å². The largest absolute Gasteiger partial charge is 0.526 e. The van der Waals surface area contributed by atoms with E-state index in [1.165, 1.54) is 0 Å². The standard InChI is InChI=1S/C8H6F3NO7S/c9-8(10,11)20(16,17)19-18-4-1-3-2-5(13)12(3)6(4)7(14)15/h3H,1-2H2,(H,14,15)/t3-/m0/s1. The third-order valence-corrected chi connectivity index (χ3v) is 3.49. The Morgan fingerprint density at radius 2 is 1.95 bits per heavy atom. The summed E-state index contributed by atoms with van der Waals surface area (Å²) >= 11 is 0. The van der Waals surface area contributed by atoms with Crippen LogP contribution in [-0.4, -0.2) is 41.9 Å². The molecule has 1 saturated heterocycles. The summed E-state index contributed by atoms with van der Waals surface area (Å²) in [5.41, 5.74) is -6.42. The average Bonchev–Trinajstić information content (AvgIpc) is 2.57.